The van der Waals surface area contributed by atoms with E-state index in [1.807, 2.05) is 0 Å². The molecule has 26 heavy (non-hydrogen) atoms. The fraction of sp³-hybridized carbons (Fsp3) is 0.412. The molecular formula is C17H18FN3O3S2. The van der Waals surface area contributed by atoms with Crippen molar-refractivity contribution in [3.8, 4) is 21.8 Å². The predicted molar refractivity (Wildman–Crippen MR) is 96.0 cm³/mol. The molecule has 1 aromatic heterocycles. The first-order valence-electron chi connectivity index (χ1n) is 8.10. The summed E-state index contributed by atoms with van der Waals surface area (Å²) in [5.74, 6) is -0.386. The van der Waals surface area contributed by atoms with Gasteiger partial charge in [0.05, 0.1) is 11.5 Å². The summed E-state index contributed by atoms with van der Waals surface area (Å²) < 4.78 is 42.8. The Bertz CT molecular complexity index is 929. The topological polar surface area (TPSA) is 83.3 Å². The lowest BCUT2D eigenvalue weighted by molar-refractivity contribution is 0.175. The van der Waals surface area contributed by atoms with Gasteiger partial charge < -0.3 is 9.64 Å². The number of piperidine rings is 1. The number of ether oxygens (including phenoxy) is 1. The van der Waals surface area contributed by atoms with Crippen molar-refractivity contribution in [3.63, 3.8) is 0 Å². The highest BCUT2D eigenvalue weighted by atomic mass is 32.2. The van der Waals surface area contributed by atoms with Gasteiger partial charge in [-0.2, -0.15) is 5.26 Å². The third-order valence-corrected chi connectivity index (χ3v) is 6.39. The molecule has 6 nitrogen and oxygen atoms in total. The lowest BCUT2D eigenvalue weighted by atomic mass is 9.98. The smallest absolute Gasteiger partial charge is 0.273 e. The molecule has 0 radical (unpaired) electrons. The van der Waals surface area contributed by atoms with Crippen molar-refractivity contribution >= 4 is 21.2 Å². The lowest BCUT2D eigenvalue weighted by Crippen LogP contribution is -2.32. The fourth-order valence-electron chi connectivity index (χ4n) is 2.80. The minimum atomic E-state index is -3.59. The van der Waals surface area contributed by atoms with Gasteiger partial charge in [0, 0.05) is 25.5 Å². The predicted octanol–water partition coefficient (Wildman–Crippen LogP) is 2.92. The molecule has 1 aromatic carbocycles. The van der Waals surface area contributed by atoms with Gasteiger partial charge in [0.25, 0.3) is 5.19 Å². The maximum absolute atomic E-state index is 14.0. The number of halogens is 1. The molecule has 2 aromatic rings. The molecule has 0 saturated carbocycles. The van der Waals surface area contributed by atoms with E-state index in [-0.39, 0.29) is 4.90 Å². The highest BCUT2D eigenvalue weighted by Gasteiger charge is 2.20. The zero-order chi connectivity index (χ0) is 18.7. The van der Waals surface area contributed by atoms with E-state index in [0.717, 1.165) is 32.2 Å². The summed E-state index contributed by atoms with van der Waals surface area (Å²) in [5.41, 5.74) is 0.560. The molecular weight excluding hydrogens is 377 g/mol. The van der Waals surface area contributed by atoms with Crippen molar-refractivity contribution in [1.82, 2.24) is 9.88 Å². The molecule has 1 fully saturated rings. The van der Waals surface area contributed by atoms with Crippen molar-refractivity contribution in [2.45, 2.75) is 17.7 Å². The van der Waals surface area contributed by atoms with Gasteiger partial charge >= 0.3 is 0 Å². The van der Waals surface area contributed by atoms with E-state index in [0.29, 0.717) is 28.2 Å². The molecule has 1 aliphatic heterocycles. The quantitative estimate of drug-likeness (QED) is 0.724. The maximum Gasteiger partial charge on any atom is 0.273 e. The maximum atomic E-state index is 14.0. The van der Waals surface area contributed by atoms with Crippen molar-refractivity contribution < 1.29 is 17.5 Å². The summed E-state index contributed by atoms with van der Waals surface area (Å²) in [4.78, 5) is 6.34. The number of hydrogen-bond donors (Lipinski definition) is 0. The number of hydrogen-bond acceptors (Lipinski definition) is 7. The zero-order valence-electron chi connectivity index (χ0n) is 14.2. The van der Waals surface area contributed by atoms with Gasteiger partial charge in [0.1, 0.15) is 10.7 Å². The van der Waals surface area contributed by atoms with Crippen LogP contribution in [0.1, 0.15) is 12.8 Å². The van der Waals surface area contributed by atoms with Crippen LogP contribution in [0, 0.1) is 23.2 Å². The third kappa shape index (κ3) is 4.31. The van der Waals surface area contributed by atoms with E-state index in [1.165, 1.54) is 23.5 Å². The van der Waals surface area contributed by atoms with Crippen LogP contribution in [0.4, 0.5) is 4.39 Å². The Labute approximate surface area is 155 Å². The van der Waals surface area contributed by atoms with Gasteiger partial charge in [-0.15, -0.1) is 0 Å². The lowest BCUT2D eigenvalue weighted by Gasteiger charge is -2.27. The Balaban J connectivity index is 1.63. The molecule has 1 aliphatic rings. The molecule has 0 spiro atoms. The Morgan fingerprint density at radius 2 is 2.15 bits per heavy atom. The van der Waals surface area contributed by atoms with Crippen LogP contribution in [0.3, 0.4) is 0 Å². The number of benzene rings is 1. The molecule has 138 valence electrons. The van der Waals surface area contributed by atoms with Gasteiger partial charge in [-0.25, -0.2) is 17.8 Å². The van der Waals surface area contributed by atoms with E-state index in [9.17, 15) is 12.8 Å². The van der Waals surface area contributed by atoms with Crippen LogP contribution in [0.15, 0.2) is 29.3 Å². The largest absolute Gasteiger partial charge is 0.470 e. The summed E-state index contributed by atoms with van der Waals surface area (Å²) in [6.07, 6.45) is 6.53. The second-order valence-corrected chi connectivity index (χ2v) is 9.23. The van der Waals surface area contributed by atoms with Gasteiger partial charge in [-0.3, -0.25) is 0 Å². The molecule has 0 unspecified atom stereocenters. The van der Waals surface area contributed by atoms with E-state index in [1.54, 1.807) is 17.2 Å². The minimum Gasteiger partial charge on any atom is -0.470 e. The molecule has 2 heterocycles. The monoisotopic (exact) mass is 395 g/mol. The number of nitrogens with zero attached hydrogens (tertiary/aromatic N) is 3. The van der Waals surface area contributed by atoms with Crippen LogP contribution in [0.5, 0.6) is 5.19 Å². The van der Waals surface area contributed by atoms with E-state index < -0.39 is 15.7 Å². The molecule has 9 heteroatoms. The number of thiazole rings is 1. The second-order valence-electron chi connectivity index (χ2n) is 6.25. The minimum absolute atomic E-state index is 0.314. The van der Waals surface area contributed by atoms with Crippen LogP contribution in [-0.2, 0) is 9.84 Å². The second kappa shape index (κ2) is 7.60. The fourth-order valence-corrected chi connectivity index (χ4v) is 4.30. The Hall–Kier alpha value is -2.18. The summed E-state index contributed by atoms with van der Waals surface area (Å²) in [6.45, 7) is 2.03. The number of rotatable bonds is 5. The standard InChI is InChI=1S/C17H18FN3O3S2/c1-26(22,23)16-3-2-13(8-14(16)18)15-9-20-17(25-15)24-10-12-4-6-21(11-19)7-5-12/h2-3,8-9,12H,4-7,10H2,1H3. The Morgan fingerprint density at radius 1 is 1.42 bits per heavy atom. The van der Waals surface area contributed by atoms with Crippen LogP contribution in [0.25, 0.3) is 10.4 Å². The molecule has 0 atom stereocenters. The van der Waals surface area contributed by atoms with E-state index in [2.05, 4.69) is 11.2 Å². The Morgan fingerprint density at radius 3 is 2.77 bits per heavy atom. The van der Waals surface area contributed by atoms with Gasteiger partial charge in [0.15, 0.2) is 16.0 Å². The molecule has 0 aliphatic carbocycles. The third-order valence-electron chi connectivity index (χ3n) is 4.30. The normalized spacial score (nSPS) is 15.7. The van der Waals surface area contributed by atoms with Crippen LogP contribution in [-0.4, -0.2) is 44.3 Å². The van der Waals surface area contributed by atoms with Crippen molar-refractivity contribution in [2.75, 3.05) is 26.0 Å². The van der Waals surface area contributed by atoms with Gasteiger partial charge in [-0.1, -0.05) is 17.4 Å². The highest BCUT2D eigenvalue weighted by Crippen LogP contribution is 2.32. The van der Waals surface area contributed by atoms with Crippen molar-refractivity contribution in [3.05, 3.63) is 30.2 Å². The summed E-state index contributed by atoms with van der Waals surface area (Å²) in [6, 6.07) is 4.03. The first-order valence-corrected chi connectivity index (χ1v) is 10.8. The summed E-state index contributed by atoms with van der Waals surface area (Å²) >= 11 is 1.29. The molecule has 0 N–H and O–H groups in total. The van der Waals surface area contributed by atoms with Crippen LogP contribution < -0.4 is 4.74 Å². The van der Waals surface area contributed by atoms with Crippen molar-refractivity contribution in [2.24, 2.45) is 5.92 Å². The summed E-state index contributed by atoms with van der Waals surface area (Å²) in [5, 5.41) is 9.35. The summed E-state index contributed by atoms with van der Waals surface area (Å²) in [7, 11) is -3.59. The van der Waals surface area contributed by atoms with Crippen LogP contribution in [0.2, 0.25) is 0 Å². The SMILES string of the molecule is CS(=O)(=O)c1ccc(-c2cnc(OCC3CCN(C#N)CC3)s2)cc1F. The highest BCUT2D eigenvalue weighted by molar-refractivity contribution is 7.90. The number of nitriles is 1. The average molecular weight is 395 g/mol. The molecule has 0 bridgehead atoms. The average Bonchev–Trinajstić information content (AvgIpc) is 3.08. The van der Waals surface area contributed by atoms with Crippen LogP contribution >= 0.6 is 11.3 Å². The number of aromatic nitrogens is 1. The first kappa shape index (κ1) is 18.6. The Kier molecular flexibility index (Phi) is 5.44. The number of likely N-dealkylation sites (tertiary alicyclic amines) is 1. The first-order chi connectivity index (χ1) is 12.4. The number of sulfone groups is 1. The molecule has 1 saturated heterocycles. The van der Waals surface area contributed by atoms with Gasteiger partial charge in [-0.05, 0) is 36.5 Å². The van der Waals surface area contributed by atoms with Crippen molar-refractivity contribution in [1.29, 1.82) is 5.26 Å². The molecule has 0 amide bonds. The van der Waals surface area contributed by atoms with Gasteiger partial charge in [0.2, 0.25) is 0 Å². The van der Waals surface area contributed by atoms with E-state index >= 15 is 0 Å². The zero-order valence-corrected chi connectivity index (χ0v) is 15.8. The van der Waals surface area contributed by atoms with E-state index in [4.69, 9.17) is 10.00 Å². The molecule has 3 rings (SSSR count).